The Hall–Kier alpha value is -1.50. The highest BCUT2D eigenvalue weighted by Crippen LogP contribution is 2.39. The van der Waals surface area contributed by atoms with Gasteiger partial charge in [-0.3, -0.25) is 0 Å². The van der Waals surface area contributed by atoms with E-state index in [4.69, 9.17) is 4.42 Å². The van der Waals surface area contributed by atoms with Gasteiger partial charge in [-0.2, -0.15) is 0 Å². The van der Waals surface area contributed by atoms with Gasteiger partial charge in [-0.05, 0) is 48.1 Å². The quantitative estimate of drug-likeness (QED) is 0.632. The summed E-state index contributed by atoms with van der Waals surface area (Å²) >= 11 is 0. The van der Waals surface area contributed by atoms with Crippen LogP contribution in [0.4, 0.5) is 0 Å². The van der Waals surface area contributed by atoms with Crippen LogP contribution in [-0.2, 0) is 6.42 Å². The lowest BCUT2D eigenvalue weighted by atomic mass is 9.93. The van der Waals surface area contributed by atoms with E-state index in [0.717, 1.165) is 12.2 Å². The van der Waals surface area contributed by atoms with E-state index < -0.39 is 0 Å². The maximum Gasteiger partial charge on any atom is 0.111 e. The molecule has 0 saturated carbocycles. The second-order valence-electron chi connectivity index (χ2n) is 4.89. The van der Waals surface area contributed by atoms with Crippen LogP contribution in [0.2, 0.25) is 0 Å². The fourth-order valence-corrected chi connectivity index (χ4v) is 2.64. The predicted octanol–water partition coefficient (Wildman–Crippen LogP) is 4.05. The van der Waals surface area contributed by atoms with Crippen LogP contribution in [0.1, 0.15) is 30.7 Å². The van der Waals surface area contributed by atoms with Crippen molar-refractivity contribution >= 4 is 6.08 Å². The van der Waals surface area contributed by atoms with Gasteiger partial charge in [-0.25, -0.2) is 0 Å². The molecule has 1 nitrogen and oxygen atoms in total. The van der Waals surface area contributed by atoms with Crippen molar-refractivity contribution in [2.75, 3.05) is 0 Å². The van der Waals surface area contributed by atoms with Crippen molar-refractivity contribution in [2.24, 2.45) is 5.92 Å². The Morgan fingerprint density at radius 3 is 2.88 bits per heavy atom. The van der Waals surface area contributed by atoms with Gasteiger partial charge >= 0.3 is 0 Å². The Bertz CT molecular complexity index is 538. The summed E-state index contributed by atoms with van der Waals surface area (Å²) in [4.78, 5) is 0. The van der Waals surface area contributed by atoms with E-state index in [2.05, 4.69) is 39.0 Å². The molecule has 1 unspecified atom stereocenters. The highest BCUT2D eigenvalue weighted by Gasteiger charge is 2.25. The summed E-state index contributed by atoms with van der Waals surface area (Å²) in [6, 6.07) is 0. The molecule has 0 aromatic carbocycles. The van der Waals surface area contributed by atoms with Crippen LogP contribution < -0.4 is 0 Å². The van der Waals surface area contributed by atoms with Gasteiger partial charge in [0.15, 0.2) is 0 Å². The van der Waals surface area contributed by atoms with Crippen LogP contribution in [0.15, 0.2) is 39.6 Å². The Labute approximate surface area is 96.2 Å². The Morgan fingerprint density at radius 1 is 1.25 bits per heavy atom. The van der Waals surface area contributed by atoms with E-state index in [-0.39, 0.29) is 0 Å². The summed E-state index contributed by atoms with van der Waals surface area (Å²) < 4.78 is 5.65. The summed E-state index contributed by atoms with van der Waals surface area (Å²) in [5.41, 5.74) is 6.77. The molecule has 0 saturated heterocycles. The highest BCUT2D eigenvalue weighted by molar-refractivity contribution is 5.72. The first-order valence-electron chi connectivity index (χ1n) is 5.84. The molecular formula is C15H16O. The van der Waals surface area contributed by atoms with E-state index in [1.165, 1.54) is 27.8 Å². The van der Waals surface area contributed by atoms with E-state index in [9.17, 15) is 0 Å². The molecule has 0 N–H and O–H groups in total. The summed E-state index contributed by atoms with van der Waals surface area (Å²) in [5, 5.41) is 0. The molecule has 3 rings (SSSR count). The minimum Gasteiger partial charge on any atom is -0.468 e. The third kappa shape index (κ3) is 1.24. The monoisotopic (exact) mass is 212 g/mol. The first-order chi connectivity index (χ1) is 7.66. The maximum absolute atomic E-state index is 5.65. The van der Waals surface area contributed by atoms with Gasteiger partial charge in [-0.1, -0.05) is 19.1 Å². The minimum absolute atomic E-state index is 0.548. The SMILES string of the molecule is CC1=CC=C2C1=Cc1c(C)coc1CC2C. The van der Waals surface area contributed by atoms with Crippen molar-refractivity contribution < 1.29 is 4.42 Å². The second kappa shape index (κ2) is 3.24. The molecule has 16 heavy (non-hydrogen) atoms. The number of fused-ring (bicyclic) bond motifs is 2. The molecule has 0 aliphatic heterocycles. The molecule has 0 spiro atoms. The summed E-state index contributed by atoms with van der Waals surface area (Å²) in [6.45, 7) is 6.58. The molecule has 2 aliphatic rings. The van der Waals surface area contributed by atoms with Crippen LogP contribution in [0.25, 0.3) is 6.08 Å². The molecule has 0 radical (unpaired) electrons. The molecule has 1 heteroatoms. The Morgan fingerprint density at radius 2 is 2.06 bits per heavy atom. The lowest BCUT2D eigenvalue weighted by Crippen LogP contribution is -2.02. The molecule has 2 aliphatic carbocycles. The third-order valence-corrected chi connectivity index (χ3v) is 3.66. The standard InChI is InChI=1S/C15H16O/c1-9-4-5-12-10(2)6-15-14(7-13(9)12)11(3)8-16-15/h4-5,7-8,10H,6H2,1-3H3. The van der Waals surface area contributed by atoms with E-state index in [1.807, 2.05) is 6.26 Å². The average molecular weight is 212 g/mol. The summed E-state index contributed by atoms with van der Waals surface area (Å²) in [6.07, 6.45) is 9.65. The maximum atomic E-state index is 5.65. The topological polar surface area (TPSA) is 13.1 Å². The Balaban J connectivity index is 2.21. The molecular weight excluding hydrogens is 196 g/mol. The molecule has 1 aromatic rings. The molecule has 1 heterocycles. The van der Waals surface area contributed by atoms with Crippen LogP contribution in [0, 0.1) is 12.8 Å². The third-order valence-electron chi connectivity index (χ3n) is 3.66. The van der Waals surface area contributed by atoms with Crippen molar-refractivity contribution in [3.63, 3.8) is 0 Å². The van der Waals surface area contributed by atoms with Crippen molar-refractivity contribution in [3.8, 4) is 0 Å². The molecule has 0 fully saturated rings. The molecule has 1 aromatic heterocycles. The number of hydrogen-bond donors (Lipinski definition) is 0. The van der Waals surface area contributed by atoms with Crippen molar-refractivity contribution in [1.29, 1.82) is 0 Å². The fourth-order valence-electron chi connectivity index (χ4n) is 2.64. The van der Waals surface area contributed by atoms with Crippen LogP contribution in [0.5, 0.6) is 0 Å². The molecule has 82 valence electrons. The Kier molecular flexibility index (Phi) is 1.97. The van der Waals surface area contributed by atoms with E-state index in [1.54, 1.807) is 0 Å². The number of hydrogen-bond acceptors (Lipinski definition) is 1. The van der Waals surface area contributed by atoms with Gasteiger partial charge in [0.1, 0.15) is 5.76 Å². The van der Waals surface area contributed by atoms with Gasteiger partial charge < -0.3 is 4.42 Å². The number of rotatable bonds is 0. The number of furan rings is 1. The van der Waals surface area contributed by atoms with Gasteiger partial charge in [-0.15, -0.1) is 0 Å². The molecule has 1 atom stereocenters. The van der Waals surface area contributed by atoms with Crippen LogP contribution >= 0.6 is 0 Å². The van der Waals surface area contributed by atoms with Gasteiger partial charge in [0.05, 0.1) is 6.26 Å². The minimum atomic E-state index is 0.548. The highest BCUT2D eigenvalue weighted by atomic mass is 16.3. The van der Waals surface area contributed by atoms with Gasteiger partial charge in [0, 0.05) is 12.0 Å². The smallest absolute Gasteiger partial charge is 0.111 e. The average Bonchev–Trinajstić information content (AvgIpc) is 2.72. The molecule has 0 amide bonds. The lowest BCUT2D eigenvalue weighted by Gasteiger charge is -2.12. The van der Waals surface area contributed by atoms with Crippen LogP contribution in [-0.4, -0.2) is 0 Å². The number of allylic oxidation sites excluding steroid dienone is 5. The normalized spacial score (nSPS) is 22.9. The first kappa shape index (κ1) is 9.71. The van der Waals surface area contributed by atoms with E-state index in [0.29, 0.717) is 5.92 Å². The first-order valence-corrected chi connectivity index (χ1v) is 5.84. The predicted molar refractivity (Wildman–Crippen MR) is 66.1 cm³/mol. The zero-order valence-corrected chi connectivity index (χ0v) is 10.0. The summed E-state index contributed by atoms with van der Waals surface area (Å²) in [5.74, 6) is 1.69. The van der Waals surface area contributed by atoms with Gasteiger partial charge in [0.25, 0.3) is 0 Å². The van der Waals surface area contributed by atoms with Crippen molar-refractivity contribution in [3.05, 3.63) is 52.0 Å². The number of aryl methyl sites for hydroxylation is 1. The fraction of sp³-hybridized carbons (Fsp3) is 0.333. The largest absolute Gasteiger partial charge is 0.468 e. The van der Waals surface area contributed by atoms with Crippen molar-refractivity contribution in [2.45, 2.75) is 27.2 Å². The zero-order valence-electron chi connectivity index (χ0n) is 10.0. The second-order valence-corrected chi connectivity index (χ2v) is 4.89. The van der Waals surface area contributed by atoms with Crippen LogP contribution in [0.3, 0.4) is 0 Å². The molecule has 0 bridgehead atoms. The van der Waals surface area contributed by atoms with E-state index >= 15 is 0 Å². The van der Waals surface area contributed by atoms with Crippen molar-refractivity contribution in [1.82, 2.24) is 0 Å². The zero-order chi connectivity index (χ0) is 11.3. The summed E-state index contributed by atoms with van der Waals surface area (Å²) in [7, 11) is 0. The lowest BCUT2D eigenvalue weighted by molar-refractivity contribution is 0.481. The van der Waals surface area contributed by atoms with Gasteiger partial charge in [0.2, 0.25) is 0 Å².